The molecular formula is C11H26N2O3. The molecule has 0 saturated heterocycles. The van der Waals surface area contributed by atoms with Crippen molar-refractivity contribution in [1.82, 2.24) is 4.90 Å². The van der Waals surface area contributed by atoms with Gasteiger partial charge in [0.2, 0.25) is 0 Å². The van der Waals surface area contributed by atoms with Crippen LogP contribution in [0.1, 0.15) is 13.3 Å². The van der Waals surface area contributed by atoms with Gasteiger partial charge in [0.15, 0.2) is 0 Å². The zero-order valence-corrected chi connectivity index (χ0v) is 10.7. The minimum atomic E-state index is -0.456. The Labute approximate surface area is 98.5 Å². The molecule has 0 fully saturated rings. The molecule has 2 atom stereocenters. The summed E-state index contributed by atoms with van der Waals surface area (Å²) in [5.74, 6) is 0. The number of nitrogens with two attached hydrogens (primary N) is 1. The molecule has 2 unspecified atom stereocenters. The lowest BCUT2D eigenvalue weighted by Crippen LogP contribution is -2.34. The predicted molar refractivity (Wildman–Crippen MR) is 64.5 cm³/mol. The third-order valence-electron chi connectivity index (χ3n) is 2.24. The van der Waals surface area contributed by atoms with Crippen LogP contribution < -0.4 is 5.73 Å². The number of nitrogens with zero attached hydrogens (tertiary/aromatic N) is 1. The van der Waals surface area contributed by atoms with Gasteiger partial charge in [0.05, 0.1) is 25.4 Å². The van der Waals surface area contributed by atoms with Crippen LogP contribution in [0.4, 0.5) is 0 Å². The second-order valence-corrected chi connectivity index (χ2v) is 4.16. The summed E-state index contributed by atoms with van der Waals surface area (Å²) in [7, 11) is 3.61. The standard InChI is InChI=1S/C11H26N2O3/c1-10(8-15-3)16-9-11(14)7-13(2)6-4-5-12/h10-11,14H,4-9,12H2,1-3H3. The molecule has 0 aromatic carbocycles. The van der Waals surface area contributed by atoms with Crippen LogP contribution in [-0.4, -0.2) is 69.2 Å². The number of hydrogen-bond donors (Lipinski definition) is 2. The first-order valence-electron chi connectivity index (χ1n) is 5.77. The molecule has 0 aliphatic rings. The highest BCUT2D eigenvalue weighted by Crippen LogP contribution is 1.96. The van der Waals surface area contributed by atoms with E-state index in [1.54, 1.807) is 7.11 Å². The van der Waals surface area contributed by atoms with Crippen LogP contribution in [0, 0.1) is 0 Å². The van der Waals surface area contributed by atoms with E-state index in [0.717, 1.165) is 13.0 Å². The summed E-state index contributed by atoms with van der Waals surface area (Å²) in [5, 5.41) is 9.70. The predicted octanol–water partition coefficient (Wildman–Crippen LogP) is -0.321. The van der Waals surface area contributed by atoms with Crippen LogP contribution in [0.3, 0.4) is 0 Å². The summed E-state index contributed by atoms with van der Waals surface area (Å²) in [6, 6.07) is 0. The van der Waals surface area contributed by atoms with Gasteiger partial charge in [-0.25, -0.2) is 0 Å². The van der Waals surface area contributed by atoms with Gasteiger partial charge in [-0.05, 0) is 33.5 Å². The Bertz CT molecular complexity index is 158. The minimum Gasteiger partial charge on any atom is -0.389 e. The maximum atomic E-state index is 9.70. The fourth-order valence-electron chi connectivity index (χ4n) is 1.42. The summed E-state index contributed by atoms with van der Waals surface area (Å²) in [6.07, 6.45) is 0.514. The van der Waals surface area contributed by atoms with E-state index in [-0.39, 0.29) is 6.10 Å². The Morgan fingerprint density at radius 2 is 2.06 bits per heavy atom. The molecule has 0 aliphatic heterocycles. The molecule has 16 heavy (non-hydrogen) atoms. The van der Waals surface area contributed by atoms with Gasteiger partial charge in [0.1, 0.15) is 0 Å². The van der Waals surface area contributed by atoms with Gasteiger partial charge in [-0.15, -0.1) is 0 Å². The fraction of sp³-hybridized carbons (Fsp3) is 1.00. The number of ether oxygens (including phenoxy) is 2. The smallest absolute Gasteiger partial charge is 0.0900 e. The molecule has 0 aromatic rings. The van der Waals surface area contributed by atoms with E-state index in [1.807, 2.05) is 14.0 Å². The zero-order chi connectivity index (χ0) is 12.4. The van der Waals surface area contributed by atoms with E-state index in [0.29, 0.717) is 26.3 Å². The summed E-state index contributed by atoms with van der Waals surface area (Å²) in [5.41, 5.74) is 5.41. The fourth-order valence-corrected chi connectivity index (χ4v) is 1.42. The van der Waals surface area contributed by atoms with E-state index < -0.39 is 6.10 Å². The second kappa shape index (κ2) is 9.99. The normalized spacial score (nSPS) is 15.4. The zero-order valence-electron chi connectivity index (χ0n) is 10.7. The van der Waals surface area contributed by atoms with Crippen LogP contribution in [0.25, 0.3) is 0 Å². The van der Waals surface area contributed by atoms with Gasteiger partial charge in [0.25, 0.3) is 0 Å². The van der Waals surface area contributed by atoms with Crippen molar-refractivity contribution in [2.75, 3.05) is 47.0 Å². The molecule has 98 valence electrons. The van der Waals surface area contributed by atoms with Crippen LogP contribution in [0.15, 0.2) is 0 Å². The lowest BCUT2D eigenvalue weighted by atomic mass is 10.3. The van der Waals surface area contributed by atoms with E-state index in [1.165, 1.54) is 0 Å². The van der Waals surface area contributed by atoms with Crippen molar-refractivity contribution in [3.05, 3.63) is 0 Å². The Kier molecular flexibility index (Phi) is 9.86. The van der Waals surface area contributed by atoms with Gasteiger partial charge in [-0.1, -0.05) is 0 Å². The van der Waals surface area contributed by atoms with Crippen molar-refractivity contribution in [2.24, 2.45) is 5.73 Å². The number of rotatable bonds is 10. The maximum absolute atomic E-state index is 9.70. The molecule has 0 spiro atoms. The molecule has 0 rings (SSSR count). The molecule has 0 radical (unpaired) electrons. The second-order valence-electron chi connectivity index (χ2n) is 4.16. The monoisotopic (exact) mass is 234 g/mol. The minimum absolute atomic E-state index is 0.0222. The third-order valence-corrected chi connectivity index (χ3v) is 2.24. The highest BCUT2D eigenvalue weighted by Gasteiger charge is 2.10. The van der Waals surface area contributed by atoms with Gasteiger partial charge >= 0.3 is 0 Å². The number of hydrogen-bond acceptors (Lipinski definition) is 5. The highest BCUT2D eigenvalue weighted by atomic mass is 16.5. The van der Waals surface area contributed by atoms with Gasteiger partial charge in [-0.2, -0.15) is 0 Å². The SMILES string of the molecule is COCC(C)OCC(O)CN(C)CCCN. The number of aliphatic hydroxyl groups is 1. The first kappa shape index (κ1) is 15.8. The number of likely N-dealkylation sites (N-methyl/N-ethyl adjacent to an activating group) is 1. The largest absolute Gasteiger partial charge is 0.389 e. The summed E-state index contributed by atoms with van der Waals surface area (Å²) < 4.78 is 10.4. The summed E-state index contributed by atoms with van der Waals surface area (Å²) in [4.78, 5) is 2.06. The Morgan fingerprint density at radius 3 is 2.62 bits per heavy atom. The lowest BCUT2D eigenvalue weighted by Gasteiger charge is -2.21. The van der Waals surface area contributed by atoms with Crippen LogP contribution in [0.5, 0.6) is 0 Å². The van der Waals surface area contributed by atoms with Crippen molar-refractivity contribution in [3.63, 3.8) is 0 Å². The van der Waals surface area contributed by atoms with E-state index in [9.17, 15) is 5.11 Å². The van der Waals surface area contributed by atoms with Gasteiger partial charge < -0.3 is 25.2 Å². The first-order valence-corrected chi connectivity index (χ1v) is 5.77. The molecule has 0 aliphatic carbocycles. The van der Waals surface area contributed by atoms with Crippen LogP contribution in [0.2, 0.25) is 0 Å². The average molecular weight is 234 g/mol. The Hall–Kier alpha value is -0.200. The topological polar surface area (TPSA) is 68.0 Å². The van der Waals surface area contributed by atoms with Crippen molar-refractivity contribution >= 4 is 0 Å². The number of aliphatic hydroxyl groups excluding tert-OH is 1. The molecule has 5 heteroatoms. The van der Waals surface area contributed by atoms with Crippen LogP contribution in [-0.2, 0) is 9.47 Å². The van der Waals surface area contributed by atoms with E-state index >= 15 is 0 Å². The maximum Gasteiger partial charge on any atom is 0.0900 e. The molecule has 0 aromatic heterocycles. The highest BCUT2D eigenvalue weighted by molar-refractivity contribution is 4.62. The molecular weight excluding hydrogens is 208 g/mol. The van der Waals surface area contributed by atoms with Crippen molar-refractivity contribution < 1.29 is 14.6 Å². The third kappa shape index (κ3) is 9.06. The molecule has 5 nitrogen and oxygen atoms in total. The van der Waals surface area contributed by atoms with Crippen LogP contribution >= 0.6 is 0 Å². The Morgan fingerprint density at radius 1 is 1.38 bits per heavy atom. The van der Waals surface area contributed by atoms with Gasteiger partial charge in [0, 0.05) is 13.7 Å². The molecule has 3 N–H and O–H groups in total. The van der Waals surface area contributed by atoms with Crippen molar-refractivity contribution in [1.29, 1.82) is 0 Å². The van der Waals surface area contributed by atoms with Crippen molar-refractivity contribution in [2.45, 2.75) is 25.6 Å². The molecule has 0 saturated carbocycles. The average Bonchev–Trinajstić information content (AvgIpc) is 2.24. The lowest BCUT2D eigenvalue weighted by molar-refractivity contribution is -0.0380. The first-order chi connectivity index (χ1) is 7.60. The summed E-state index contributed by atoms with van der Waals surface area (Å²) in [6.45, 7) is 5.02. The molecule has 0 heterocycles. The van der Waals surface area contributed by atoms with Gasteiger partial charge in [-0.3, -0.25) is 0 Å². The molecule has 0 bridgehead atoms. The van der Waals surface area contributed by atoms with Crippen molar-refractivity contribution in [3.8, 4) is 0 Å². The number of methoxy groups -OCH3 is 1. The Balaban J connectivity index is 3.52. The quantitative estimate of drug-likeness (QED) is 0.542. The molecule has 0 amide bonds. The van der Waals surface area contributed by atoms with E-state index in [2.05, 4.69) is 4.90 Å². The van der Waals surface area contributed by atoms with E-state index in [4.69, 9.17) is 15.2 Å². The summed E-state index contributed by atoms with van der Waals surface area (Å²) >= 11 is 0.